The first-order chi connectivity index (χ1) is 10.4. The van der Waals surface area contributed by atoms with Gasteiger partial charge in [-0.3, -0.25) is 4.79 Å². The van der Waals surface area contributed by atoms with E-state index in [1.807, 2.05) is 6.07 Å². The number of fused-ring (bicyclic) bond motifs is 1. The number of rotatable bonds is 5. The van der Waals surface area contributed by atoms with E-state index in [-0.39, 0.29) is 23.3 Å². The van der Waals surface area contributed by atoms with Gasteiger partial charge in [-0.1, -0.05) is 6.07 Å². The van der Waals surface area contributed by atoms with Crippen molar-refractivity contribution in [3.05, 3.63) is 29.3 Å². The predicted octanol–water partition coefficient (Wildman–Crippen LogP) is 1.29. The van der Waals surface area contributed by atoms with Crippen LogP contribution < -0.4 is 4.72 Å². The zero-order chi connectivity index (χ0) is 15.7. The average Bonchev–Trinajstić information content (AvgIpc) is 2.44. The maximum atomic E-state index is 12.4. The van der Waals surface area contributed by atoms with Gasteiger partial charge in [0.25, 0.3) is 0 Å². The van der Waals surface area contributed by atoms with Crippen molar-refractivity contribution >= 4 is 16.0 Å². The van der Waals surface area contributed by atoms with Crippen molar-refractivity contribution in [3.63, 3.8) is 0 Å². The van der Waals surface area contributed by atoms with Crippen LogP contribution in [0.4, 0.5) is 0 Å². The number of ether oxygens (including phenoxy) is 1. The summed E-state index contributed by atoms with van der Waals surface area (Å²) in [6.07, 6.45) is 2.08. The zero-order valence-electron chi connectivity index (χ0n) is 12.1. The largest absolute Gasteiger partial charge is 0.481 e. The quantitative estimate of drug-likeness (QED) is 0.851. The van der Waals surface area contributed by atoms with Crippen molar-refractivity contribution in [1.82, 2.24) is 4.72 Å². The lowest BCUT2D eigenvalue weighted by atomic mass is 9.79. The van der Waals surface area contributed by atoms with Crippen LogP contribution in [0.3, 0.4) is 0 Å². The van der Waals surface area contributed by atoms with E-state index in [4.69, 9.17) is 9.84 Å². The van der Waals surface area contributed by atoms with Gasteiger partial charge >= 0.3 is 5.97 Å². The van der Waals surface area contributed by atoms with Crippen LogP contribution in [-0.2, 0) is 32.6 Å². The minimum atomic E-state index is -3.56. The molecule has 1 aliphatic carbocycles. The van der Waals surface area contributed by atoms with Gasteiger partial charge in [-0.15, -0.1) is 0 Å². The highest BCUT2D eigenvalue weighted by Gasteiger charge is 2.34. The highest BCUT2D eigenvalue weighted by Crippen LogP contribution is 2.31. The molecule has 0 saturated heterocycles. The monoisotopic (exact) mass is 325 g/mol. The third-order valence-corrected chi connectivity index (χ3v) is 5.80. The Labute approximate surface area is 129 Å². The maximum Gasteiger partial charge on any atom is 0.303 e. The van der Waals surface area contributed by atoms with Gasteiger partial charge in [-0.2, -0.15) is 0 Å². The van der Waals surface area contributed by atoms with Gasteiger partial charge in [-0.05, 0) is 48.4 Å². The van der Waals surface area contributed by atoms with Crippen LogP contribution in [0.2, 0.25) is 0 Å². The Bertz CT molecular complexity index is 679. The van der Waals surface area contributed by atoms with Crippen molar-refractivity contribution in [2.24, 2.45) is 5.92 Å². The Kier molecular flexibility index (Phi) is 4.20. The molecule has 1 fully saturated rings. The molecule has 22 heavy (non-hydrogen) atoms. The summed E-state index contributed by atoms with van der Waals surface area (Å²) in [5, 5.41) is 8.71. The SMILES string of the molecule is O=C(O)CC1CC(NS(=O)(=O)c2ccc3c(c2)COCC3)C1. The summed E-state index contributed by atoms with van der Waals surface area (Å²) in [5.41, 5.74) is 2.06. The van der Waals surface area contributed by atoms with Gasteiger partial charge in [0, 0.05) is 12.5 Å². The van der Waals surface area contributed by atoms with Crippen molar-refractivity contribution in [3.8, 4) is 0 Å². The van der Waals surface area contributed by atoms with Gasteiger partial charge in [0.1, 0.15) is 0 Å². The number of nitrogens with one attached hydrogen (secondary N) is 1. The van der Waals surface area contributed by atoms with Crippen LogP contribution in [0.15, 0.2) is 23.1 Å². The van der Waals surface area contributed by atoms with Crippen LogP contribution in [0.25, 0.3) is 0 Å². The van der Waals surface area contributed by atoms with Gasteiger partial charge in [0.15, 0.2) is 0 Å². The number of hydrogen-bond donors (Lipinski definition) is 2. The molecule has 1 saturated carbocycles. The number of sulfonamides is 1. The Balaban J connectivity index is 1.65. The third kappa shape index (κ3) is 3.31. The van der Waals surface area contributed by atoms with Gasteiger partial charge in [-0.25, -0.2) is 13.1 Å². The summed E-state index contributed by atoms with van der Waals surface area (Å²) in [5.74, 6) is -0.761. The highest BCUT2D eigenvalue weighted by molar-refractivity contribution is 7.89. The second-order valence-corrected chi connectivity index (χ2v) is 7.70. The molecule has 6 nitrogen and oxygen atoms in total. The van der Waals surface area contributed by atoms with Gasteiger partial charge < -0.3 is 9.84 Å². The van der Waals surface area contributed by atoms with Crippen molar-refractivity contribution in [2.45, 2.75) is 43.2 Å². The third-order valence-electron chi connectivity index (χ3n) is 4.28. The predicted molar refractivity (Wildman–Crippen MR) is 78.9 cm³/mol. The molecule has 2 aliphatic rings. The van der Waals surface area contributed by atoms with Crippen molar-refractivity contribution < 1.29 is 23.1 Å². The molecule has 3 rings (SSSR count). The van der Waals surface area contributed by atoms with Crippen molar-refractivity contribution in [1.29, 1.82) is 0 Å². The Morgan fingerprint density at radius 3 is 2.82 bits per heavy atom. The van der Waals surface area contributed by atoms with E-state index in [1.54, 1.807) is 12.1 Å². The molecular formula is C15H19NO5S. The summed E-state index contributed by atoms with van der Waals surface area (Å²) in [6, 6.07) is 4.98. The molecule has 0 amide bonds. The molecule has 0 unspecified atom stereocenters. The molecule has 7 heteroatoms. The molecule has 0 spiro atoms. The normalized spacial score (nSPS) is 24.4. The fourth-order valence-electron chi connectivity index (χ4n) is 3.04. The smallest absolute Gasteiger partial charge is 0.303 e. The van der Waals surface area contributed by atoms with E-state index in [0.29, 0.717) is 26.1 Å². The number of carboxylic acids is 1. The molecule has 0 atom stereocenters. The molecule has 0 radical (unpaired) electrons. The number of benzene rings is 1. The van der Waals surface area contributed by atoms with Crippen LogP contribution in [0, 0.1) is 5.92 Å². The molecule has 0 aromatic heterocycles. The van der Waals surface area contributed by atoms with E-state index in [9.17, 15) is 13.2 Å². The first-order valence-electron chi connectivity index (χ1n) is 7.38. The number of carboxylic acid groups (broad SMARTS) is 1. The summed E-state index contributed by atoms with van der Waals surface area (Å²) >= 11 is 0. The fourth-order valence-corrected chi connectivity index (χ4v) is 4.36. The second kappa shape index (κ2) is 5.98. The lowest BCUT2D eigenvalue weighted by Crippen LogP contribution is -2.44. The standard InChI is InChI=1S/C15H19NO5S/c17-15(18)7-10-5-13(6-10)16-22(19,20)14-2-1-11-3-4-21-9-12(11)8-14/h1-2,8,10,13,16H,3-7,9H2,(H,17,18). The highest BCUT2D eigenvalue weighted by atomic mass is 32.2. The van der Waals surface area contributed by atoms with E-state index in [1.165, 1.54) is 0 Å². The van der Waals surface area contributed by atoms with E-state index < -0.39 is 16.0 Å². The van der Waals surface area contributed by atoms with Crippen LogP contribution in [0.5, 0.6) is 0 Å². The fraction of sp³-hybridized carbons (Fsp3) is 0.533. The zero-order valence-corrected chi connectivity index (χ0v) is 12.9. The summed E-state index contributed by atoms with van der Waals surface area (Å²) in [6.45, 7) is 1.12. The molecule has 1 aromatic rings. The number of carbonyl (C=O) groups is 1. The Morgan fingerprint density at radius 1 is 1.32 bits per heavy atom. The van der Waals surface area contributed by atoms with E-state index >= 15 is 0 Å². The minimum absolute atomic E-state index is 0.0714. The summed E-state index contributed by atoms with van der Waals surface area (Å²) in [7, 11) is -3.56. The molecule has 0 bridgehead atoms. The molecule has 2 N–H and O–H groups in total. The Morgan fingerprint density at radius 2 is 2.09 bits per heavy atom. The van der Waals surface area contributed by atoms with Gasteiger partial charge in [0.2, 0.25) is 10.0 Å². The molecular weight excluding hydrogens is 306 g/mol. The maximum absolute atomic E-state index is 12.4. The minimum Gasteiger partial charge on any atom is -0.481 e. The van der Waals surface area contributed by atoms with Crippen LogP contribution in [-0.4, -0.2) is 32.1 Å². The Hall–Kier alpha value is -1.44. The van der Waals surface area contributed by atoms with Crippen LogP contribution >= 0.6 is 0 Å². The summed E-state index contributed by atoms with van der Waals surface area (Å²) < 4.78 is 32.8. The van der Waals surface area contributed by atoms with E-state index in [0.717, 1.165) is 17.5 Å². The second-order valence-electron chi connectivity index (χ2n) is 5.99. The number of hydrogen-bond acceptors (Lipinski definition) is 4. The van der Waals surface area contributed by atoms with Crippen LogP contribution in [0.1, 0.15) is 30.4 Å². The molecule has 120 valence electrons. The summed E-state index contributed by atoms with van der Waals surface area (Å²) in [4.78, 5) is 10.9. The number of aliphatic carboxylic acids is 1. The lowest BCUT2D eigenvalue weighted by Gasteiger charge is -2.34. The molecule has 1 aliphatic heterocycles. The molecule has 1 aromatic carbocycles. The topological polar surface area (TPSA) is 92.7 Å². The lowest BCUT2D eigenvalue weighted by molar-refractivity contribution is -0.138. The first-order valence-corrected chi connectivity index (χ1v) is 8.86. The van der Waals surface area contributed by atoms with Crippen molar-refractivity contribution in [2.75, 3.05) is 6.61 Å². The van der Waals surface area contributed by atoms with Gasteiger partial charge in [0.05, 0.1) is 18.1 Å². The van der Waals surface area contributed by atoms with E-state index in [2.05, 4.69) is 4.72 Å². The first kappa shape index (κ1) is 15.5. The average molecular weight is 325 g/mol. The molecule has 1 heterocycles.